The van der Waals surface area contributed by atoms with E-state index >= 15 is 0 Å². The lowest BCUT2D eigenvalue weighted by atomic mass is 10.1. The van der Waals surface area contributed by atoms with Gasteiger partial charge in [-0.1, -0.05) is 31.0 Å². The Labute approximate surface area is 117 Å². The van der Waals surface area contributed by atoms with Gasteiger partial charge in [-0.25, -0.2) is 8.42 Å². The highest BCUT2D eigenvalue weighted by Crippen LogP contribution is 2.27. The smallest absolute Gasteiger partial charge is 0.181 e. The number of carbonyl (C=O) groups is 1. The van der Waals surface area contributed by atoms with Crippen molar-refractivity contribution in [2.75, 3.05) is 5.75 Å². The number of Topliss-reactive ketones (excluding diaryl/α,β-unsaturated/α-hetero) is 1. The van der Waals surface area contributed by atoms with Gasteiger partial charge in [0.1, 0.15) is 17.6 Å². The molecule has 106 valence electrons. The van der Waals surface area contributed by atoms with Gasteiger partial charge in [0.25, 0.3) is 0 Å². The quantitative estimate of drug-likeness (QED) is 0.813. The molecule has 1 aliphatic rings. The predicted octanol–water partition coefficient (Wildman–Crippen LogP) is 2.97. The summed E-state index contributed by atoms with van der Waals surface area (Å²) in [6, 6.07) is 7.15. The van der Waals surface area contributed by atoms with E-state index in [1.54, 1.807) is 18.2 Å². The number of ketones is 1. The Hall–Kier alpha value is -1.62. The van der Waals surface area contributed by atoms with Crippen LogP contribution in [0.4, 0.5) is 0 Å². The van der Waals surface area contributed by atoms with E-state index in [4.69, 9.17) is 4.42 Å². The molecule has 1 aromatic carbocycles. The van der Waals surface area contributed by atoms with E-state index in [1.165, 1.54) is 6.26 Å². The van der Waals surface area contributed by atoms with E-state index in [0.29, 0.717) is 29.4 Å². The average molecular weight is 292 g/mol. The molecule has 2 aromatic rings. The van der Waals surface area contributed by atoms with E-state index in [9.17, 15) is 13.2 Å². The van der Waals surface area contributed by atoms with Crippen molar-refractivity contribution in [3.05, 3.63) is 36.1 Å². The number of benzene rings is 1. The van der Waals surface area contributed by atoms with Crippen LogP contribution in [0.25, 0.3) is 11.0 Å². The van der Waals surface area contributed by atoms with Crippen LogP contribution < -0.4 is 0 Å². The molecule has 0 aliphatic heterocycles. The van der Waals surface area contributed by atoms with Gasteiger partial charge >= 0.3 is 0 Å². The van der Waals surface area contributed by atoms with Crippen LogP contribution in [0.3, 0.4) is 0 Å². The van der Waals surface area contributed by atoms with E-state index in [1.807, 2.05) is 6.07 Å². The zero-order valence-corrected chi connectivity index (χ0v) is 11.9. The Morgan fingerprint density at radius 1 is 1.20 bits per heavy atom. The van der Waals surface area contributed by atoms with Crippen molar-refractivity contribution in [2.24, 2.45) is 0 Å². The molecular weight excluding hydrogens is 276 g/mol. The van der Waals surface area contributed by atoms with Gasteiger partial charge in [0.2, 0.25) is 0 Å². The van der Waals surface area contributed by atoms with E-state index < -0.39 is 15.6 Å². The average Bonchev–Trinajstić information content (AvgIpc) is 3.08. The Morgan fingerprint density at radius 3 is 2.65 bits per heavy atom. The van der Waals surface area contributed by atoms with Crippen LogP contribution in [-0.2, 0) is 9.84 Å². The van der Waals surface area contributed by atoms with Gasteiger partial charge < -0.3 is 4.42 Å². The zero-order chi connectivity index (χ0) is 14.2. The summed E-state index contributed by atoms with van der Waals surface area (Å²) in [5.74, 6) is -0.789. The summed E-state index contributed by atoms with van der Waals surface area (Å²) < 4.78 is 29.7. The molecular formula is C15H16O4S. The maximum absolute atomic E-state index is 12.3. The van der Waals surface area contributed by atoms with Gasteiger partial charge in [0.15, 0.2) is 15.6 Å². The largest absolute Gasteiger partial charge is 0.464 e. The number of furan rings is 1. The standard InChI is InChI=1S/C15H16O4S/c16-14(10-20(17,18)11-5-1-2-6-11)13-9-19-15-8-4-3-7-12(13)15/h3-4,7-9,11H,1-2,5-6,10H2. The molecule has 0 N–H and O–H groups in total. The van der Waals surface area contributed by atoms with Crippen LogP contribution in [0.1, 0.15) is 36.0 Å². The second-order valence-electron chi connectivity index (χ2n) is 5.28. The summed E-state index contributed by atoms with van der Waals surface area (Å²) >= 11 is 0. The minimum absolute atomic E-state index is 0.343. The number of hydrogen-bond donors (Lipinski definition) is 0. The lowest BCUT2D eigenvalue weighted by Gasteiger charge is -2.09. The molecule has 0 bridgehead atoms. The third kappa shape index (κ3) is 2.38. The molecule has 0 radical (unpaired) electrons. The fourth-order valence-electron chi connectivity index (χ4n) is 2.82. The number of sulfone groups is 1. The summed E-state index contributed by atoms with van der Waals surface area (Å²) in [7, 11) is -3.35. The van der Waals surface area contributed by atoms with Crippen molar-refractivity contribution < 1.29 is 17.6 Å². The molecule has 1 heterocycles. The fourth-order valence-corrected chi connectivity index (χ4v) is 4.63. The molecule has 4 nitrogen and oxygen atoms in total. The number of para-hydroxylation sites is 1. The topological polar surface area (TPSA) is 64.3 Å². The first-order valence-corrected chi connectivity index (χ1v) is 8.50. The van der Waals surface area contributed by atoms with Gasteiger partial charge in [-0.2, -0.15) is 0 Å². The summed E-state index contributed by atoms with van der Waals surface area (Å²) in [4.78, 5) is 12.3. The van der Waals surface area contributed by atoms with Crippen molar-refractivity contribution in [3.63, 3.8) is 0 Å². The highest BCUT2D eigenvalue weighted by molar-refractivity contribution is 7.92. The molecule has 1 fully saturated rings. The van der Waals surface area contributed by atoms with Crippen molar-refractivity contribution in [2.45, 2.75) is 30.9 Å². The Kier molecular flexibility index (Phi) is 3.38. The number of fused-ring (bicyclic) bond motifs is 1. The van der Waals surface area contributed by atoms with Crippen LogP contribution in [0.15, 0.2) is 34.9 Å². The zero-order valence-electron chi connectivity index (χ0n) is 11.0. The molecule has 3 rings (SSSR count). The van der Waals surface area contributed by atoms with Gasteiger partial charge in [-0.3, -0.25) is 4.79 Å². The summed E-state index contributed by atoms with van der Waals surface area (Å²) in [6.07, 6.45) is 4.60. The van der Waals surface area contributed by atoms with Crippen LogP contribution in [0.2, 0.25) is 0 Å². The van der Waals surface area contributed by atoms with Gasteiger partial charge in [-0.05, 0) is 18.9 Å². The minimum atomic E-state index is -3.35. The van der Waals surface area contributed by atoms with Crippen molar-refractivity contribution >= 4 is 26.6 Å². The van der Waals surface area contributed by atoms with Crippen molar-refractivity contribution in [1.29, 1.82) is 0 Å². The highest BCUT2D eigenvalue weighted by Gasteiger charge is 2.31. The molecule has 1 aromatic heterocycles. The fraction of sp³-hybridized carbons (Fsp3) is 0.400. The van der Waals surface area contributed by atoms with Crippen molar-refractivity contribution in [3.8, 4) is 0 Å². The highest BCUT2D eigenvalue weighted by atomic mass is 32.2. The molecule has 1 aliphatic carbocycles. The minimum Gasteiger partial charge on any atom is -0.464 e. The van der Waals surface area contributed by atoms with E-state index in [0.717, 1.165) is 12.8 Å². The maximum atomic E-state index is 12.3. The van der Waals surface area contributed by atoms with Crippen molar-refractivity contribution in [1.82, 2.24) is 0 Å². The molecule has 0 saturated heterocycles. The molecule has 0 atom stereocenters. The summed E-state index contributed by atoms with van der Waals surface area (Å²) in [6.45, 7) is 0. The summed E-state index contributed by atoms with van der Waals surface area (Å²) in [5, 5.41) is 0.337. The number of hydrogen-bond acceptors (Lipinski definition) is 4. The second kappa shape index (κ2) is 5.05. The first-order chi connectivity index (χ1) is 9.58. The van der Waals surface area contributed by atoms with Gasteiger partial charge in [0.05, 0.1) is 10.8 Å². The van der Waals surface area contributed by atoms with Gasteiger partial charge in [0, 0.05) is 5.39 Å². The molecule has 20 heavy (non-hydrogen) atoms. The lowest BCUT2D eigenvalue weighted by Crippen LogP contribution is -2.25. The van der Waals surface area contributed by atoms with E-state index in [-0.39, 0.29) is 11.0 Å². The third-order valence-electron chi connectivity index (χ3n) is 3.92. The molecule has 5 heteroatoms. The number of carbonyl (C=O) groups excluding carboxylic acids is 1. The Morgan fingerprint density at radius 2 is 1.90 bits per heavy atom. The number of rotatable bonds is 4. The van der Waals surface area contributed by atoms with Crippen LogP contribution in [0.5, 0.6) is 0 Å². The molecule has 0 unspecified atom stereocenters. The summed E-state index contributed by atoms with van der Waals surface area (Å²) in [5.41, 5.74) is 0.969. The molecule has 0 amide bonds. The first-order valence-electron chi connectivity index (χ1n) is 6.79. The van der Waals surface area contributed by atoms with E-state index in [2.05, 4.69) is 0 Å². The molecule has 1 saturated carbocycles. The molecule has 0 spiro atoms. The third-order valence-corrected chi connectivity index (χ3v) is 6.08. The van der Waals surface area contributed by atoms with Crippen LogP contribution in [0, 0.1) is 0 Å². The maximum Gasteiger partial charge on any atom is 0.181 e. The van der Waals surface area contributed by atoms with Gasteiger partial charge in [-0.15, -0.1) is 0 Å². The Balaban J connectivity index is 1.86. The first kappa shape index (κ1) is 13.4. The monoisotopic (exact) mass is 292 g/mol. The SMILES string of the molecule is O=C(CS(=O)(=O)C1CCCC1)c1coc2ccccc12. The lowest BCUT2D eigenvalue weighted by molar-refractivity contribution is 0.102. The van der Waals surface area contributed by atoms with Crippen LogP contribution >= 0.6 is 0 Å². The van der Waals surface area contributed by atoms with Crippen LogP contribution in [-0.4, -0.2) is 25.2 Å². The normalized spacial score (nSPS) is 16.8. The second-order valence-corrected chi connectivity index (χ2v) is 7.56. The Bertz CT molecular complexity index is 736. The predicted molar refractivity (Wildman–Crippen MR) is 76.6 cm³/mol.